The molecular formula is C14H16N2O3S3. The lowest BCUT2D eigenvalue weighted by Gasteiger charge is -2.22. The molecule has 0 spiro atoms. The molecule has 22 heavy (non-hydrogen) atoms. The highest BCUT2D eigenvalue weighted by molar-refractivity contribution is 8.15. The number of rotatable bonds is 4. The molecule has 0 aromatic carbocycles. The fourth-order valence-corrected chi connectivity index (χ4v) is 7.37. The van der Waals surface area contributed by atoms with Crippen LogP contribution in [0.1, 0.15) is 4.88 Å². The molecule has 118 valence electrons. The molecule has 0 N–H and O–H groups in total. The van der Waals surface area contributed by atoms with Gasteiger partial charge in [0.05, 0.1) is 24.0 Å². The Morgan fingerprint density at radius 1 is 1.50 bits per heavy atom. The first-order chi connectivity index (χ1) is 10.5. The predicted octanol–water partition coefficient (Wildman–Crippen LogP) is 1.57. The van der Waals surface area contributed by atoms with Crippen LogP contribution in [0, 0.1) is 0 Å². The molecular weight excluding hydrogens is 340 g/mol. The summed E-state index contributed by atoms with van der Waals surface area (Å²) in [4.78, 5) is 19.2. The molecule has 3 rings (SSSR count). The number of amides is 1. The summed E-state index contributed by atoms with van der Waals surface area (Å²) in [5, 5.41) is 2.53. The number of sulfone groups is 1. The normalized spacial score (nSPS) is 28.0. The van der Waals surface area contributed by atoms with E-state index in [1.807, 2.05) is 22.4 Å². The van der Waals surface area contributed by atoms with Crippen molar-refractivity contribution in [3.63, 3.8) is 0 Å². The minimum atomic E-state index is -2.98. The van der Waals surface area contributed by atoms with Crippen LogP contribution >= 0.6 is 23.1 Å². The Balaban J connectivity index is 1.77. The first kappa shape index (κ1) is 15.8. The summed E-state index contributed by atoms with van der Waals surface area (Å²) in [6.07, 6.45) is 2.00. The van der Waals surface area contributed by atoms with Gasteiger partial charge in [0.2, 0.25) is 0 Å². The molecule has 0 saturated carbocycles. The van der Waals surface area contributed by atoms with Crippen LogP contribution in [0.15, 0.2) is 35.2 Å². The van der Waals surface area contributed by atoms with Crippen LogP contribution < -0.4 is 0 Å². The molecule has 3 heterocycles. The van der Waals surface area contributed by atoms with E-state index >= 15 is 0 Å². The summed E-state index contributed by atoms with van der Waals surface area (Å²) < 4.78 is 23.5. The molecule has 2 aliphatic rings. The van der Waals surface area contributed by atoms with Gasteiger partial charge >= 0.3 is 0 Å². The predicted molar refractivity (Wildman–Crippen MR) is 91.2 cm³/mol. The summed E-state index contributed by atoms with van der Waals surface area (Å²) in [5.41, 5.74) is 0. The lowest BCUT2D eigenvalue weighted by atomic mass is 10.2. The molecule has 2 atom stereocenters. The number of fused-ring (bicyclic) bond motifs is 1. The van der Waals surface area contributed by atoms with Crippen molar-refractivity contribution in [1.82, 2.24) is 4.90 Å². The van der Waals surface area contributed by atoms with Gasteiger partial charge < -0.3 is 4.90 Å². The Labute approximate surface area is 138 Å². The third kappa shape index (κ3) is 3.28. The molecule has 2 aliphatic heterocycles. The van der Waals surface area contributed by atoms with Gasteiger partial charge in [0.1, 0.15) is 0 Å². The van der Waals surface area contributed by atoms with Gasteiger partial charge in [-0.3, -0.25) is 4.79 Å². The van der Waals surface area contributed by atoms with Crippen molar-refractivity contribution >= 4 is 44.0 Å². The second-order valence-electron chi connectivity index (χ2n) is 5.29. The molecule has 2 saturated heterocycles. The Bertz CT molecular complexity index is 710. The van der Waals surface area contributed by atoms with Crippen LogP contribution in [0.4, 0.5) is 0 Å². The molecule has 0 unspecified atom stereocenters. The second kappa shape index (κ2) is 6.17. The molecule has 0 radical (unpaired) electrons. The van der Waals surface area contributed by atoms with Crippen molar-refractivity contribution in [2.24, 2.45) is 4.99 Å². The van der Waals surface area contributed by atoms with Crippen molar-refractivity contribution in [1.29, 1.82) is 0 Å². The third-order valence-corrected chi connectivity index (χ3v) is 7.75. The van der Waals surface area contributed by atoms with E-state index in [2.05, 4.69) is 11.6 Å². The SMILES string of the molecule is C=CCN1C(=NC(=O)Cc2cccs2)S[C@@H]2CS(=O)(=O)C[C@H]21. The van der Waals surface area contributed by atoms with Crippen molar-refractivity contribution in [3.8, 4) is 0 Å². The van der Waals surface area contributed by atoms with Gasteiger partial charge in [-0.1, -0.05) is 23.9 Å². The van der Waals surface area contributed by atoms with E-state index in [1.165, 1.54) is 23.1 Å². The zero-order valence-corrected chi connectivity index (χ0v) is 14.3. The standard InChI is InChI=1S/C14H16N2O3S3/c1-2-5-16-11-8-22(18,19)9-12(11)21-14(16)15-13(17)7-10-4-3-6-20-10/h2-4,6,11-12H,1,5,7-9H2/t11-,12-/m1/s1. The Kier molecular flexibility index (Phi) is 4.42. The van der Waals surface area contributed by atoms with E-state index in [9.17, 15) is 13.2 Å². The van der Waals surface area contributed by atoms with Crippen LogP contribution in [0.5, 0.6) is 0 Å². The summed E-state index contributed by atoms with van der Waals surface area (Å²) in [5.74, 6) is 0.104. The first-order valence-electron chi connectivity index (χ1n) is 6.87. The minimum absolute atomic E-state index is 0.0294. The summed E-state index contributed by atoms with van der Waals surface area (Å²) in [6, 6.07) is 3.72. The van der Waals surface area contributed by atoms with E-state index in [4.69, 9.17) is 0 Å². The Hall–Kier alpha value is -1.12. The average Bonchev–Trinajstić information content (AvgIpc) is 3.08. The topological polar surface area (TPSA) is 66.8 Å². The van der Waals surface area contributed by atoms with Gasteiger partial charge in [-0.15, -0.1) is 17.9 Å². The van der Waals surface area contributed by atoms with Crippen LogP contribution in [-0.2, 0) is 21.1 Å². The number of hydrogen-bond acceptors (Lipinski definition) is 5. The monoisotopic (exact) mass is 356 g/mol. The zero-order valence-electron chi connectivity index (χ0n) is 11.8. The van der Waals surface area contributed by atoms with Gasteiger partial charge in [-0.2, -0.15) is 4.99 Å². The lowest BCUT2D eigenvalue weighted by molar-refractivity contribution is -0.117. The number of thioether (sulfide) groups is 1. The number of nitrogens with zero attached hydrogens (tertiary/aromatic N) is 2. The molecule has 5 nitrogen and oxygen atoms in total. The van der Waals surface area contributed by atoms with Crippen molar-refractivity contribution in [2.75, 3.05) is 18.1 Å². The maximum atomic E-state index is 12.1. The zero-order chi connectivity index (χ0) is 15.7. The highest BCUT2D eigenvalue weighted by atomic mass is 32.2. The fraction of sp³-hybridized carbons (Fsp3) is 0.429. The summed E-state index contributed by atoms with van der Waals surface area (Å²) in [6.45, 7) is 4.22. The van der Waals surface area contributed by atoms with Gasteiger partial charge in [-0.05, 0) is 11.4 Å². The van der Waals surface area contributed by atoms with E-state index < -0.39 is 9.84 Å². The maximum absolute atomic E-state index is 12.1. The van der Waals surface area contributed by atoms with Crippen molar-refractivity contribution in [2.45, 2.75) is 17.7 Å². The van der Waals surface area contributed by atoms with Crippen molar-refractivity contribution in [3.05, 3.63) is 35.0 Å². The Morgan fingerprint density at radius 2 is 2.32 bits per heavy atom. The number of aliphatic imine (C=N–C) groups is 1. The van der Waals surface area contributed by atoms with Gasteiger partial charge in [0, 0.05) is 16.7 Å². The summed E-state index contributed by atoms with van der Waals surface area (Å²) >= 11 is 2.93. The number of thiophene rings is 1. The Morgan fingerprint density at radius 3 is 3.00 bits per heavy atom. The number of carbonyl (C=O) groups is 1. The molecule has 2 fully saturated rings. The van der Waals surface area contributed by atoms with E-state index in [0.717, 1.165) is 4.88 Å². The maximum Gasteiger partial charge on any atom is 0.253 e. The van der Waals surface area contributed by atoms with Crippen LogP contribution in [0.2, 0.25) is 0 Å². The van der Waals surface area contributed by atoms with Crippen LogP contribution in [-0.4, -0.2) is 53.7 Å². The first-order valence-corrected chi connectivity index (χ1v) is 10.4. The van der Waals surface area contributed by atoms with Gasteiger partial charge in [-0.25, -0.2) is 8.42 Å². The number of amidine groups is 1. The number of hydrogen-bond donors (Lipinski definition) is 0. The minimum Gasteiger partial charge on any atom is -0.342 e. The molecule has 0 bridgehead atoms. The highest BCUT2D eigenvalue weighted by Crippen LogP contribution is 2.38. The number of carbonyl (C=O) groups excluding carboxylic acids is 1. The molecule has 1 amide bonds. The van der Waals surface area contributed by atoms with Crippen molar-refractivity contribution < 1.29 is 13.2 Å². The molecule has 8 heteroatoms. The van der Waals surface area contributed by atoms with Gasteiger partial charge in [0.25, 0.3) is 5.91 Å². The average molecular weight is 356 g/mol. The van der Waals surface area contributed by atoms with E-state index in [0.29, 0.717) is 11.7 Å². The molecule has 1 aromatic rings. The van der Waals surface area contributed by atoms with E-state index in [1.54, 1.807) is 6.08 Å². The van der Waals surface area contributed by atoms with Crippen LogP contribution in [0.3, 0.4) is 0 Å². The third-order valence-electron chi connectivity index (χ3n) is 3.63. The smallest absolute Gasteiger partial charge is 0.253 e. The molecule has 0 aliphatic carbocycles. The van der Waals surface area contributed by atoms with Crippen LogP contribution in [0.25, 0.3) is 0 Å². The molecule has 1 aromatic heterocycles. The fourth-order valence-electron chi connectivity index (χ4n) is 2.70. The quantitative estimate of drug-likeness (QED) is 0.766. The summed E-state index contributed by atoms with van der Waals surface area (Å²) in [7, 11) is -2.98. The highest BCUT2D eigenvalue weighted by Gasteiger charge is 2.48. The largest absolute Gasteiger partial charge is 0.342 e. The van der Waals surface area contributed by atoms with Gasteiger partial charge in [0.15, 0.2) is 15.0 Å². The lowest BCUT2D eigenvalue weighted by Crippen LogP contribution is -2.37. The van der Waals surface area contributed by atoms with E-state index in [-0.39, 0.29) is 35.1 Å². The second-order valence-corrected chi connectivity index (χ2v) is 9.68.